The molecule has 1 heterocycles. The first-order chi connectivity index (χ1) is 10.5. The Morgan fingerprint density at radius 1 is 1.18 bits per heavy atom. The fraction of sp³-hybridized carbons (Fsp3) is 0.125. The van der Waals surface area contributed by atoms with Gasteiger partial charge in [-0.3, -0.25) is 4.79 Å². The second-order valence-electron chi connectivity index (χ2n) is 4.24. The zero-order valence-corrected chi connectivity index (χ0v) is 12.0. The second kappa shape index (κ2) is 6.71. The molecule has 0 N–H and O–H groups in total. The Hall–Kier alpha value is -2.89. The molecule has 0 spiro atoms. The molecule has 2 rings (SSSR count). The Labute approximate surface area is 125 Å². The predicted molar refractivity (Wildman–Crippen MR) is 76.4 cm³/mol. The number of rotatable bonds is 5. The largest absolute Gasteiger partial charge is 0.494 e. The molecule has 5 nitrogen and oxygen atoms in total. The highest BCUT2D eigenvalue weighted by molar-refractivity contribution is 6.06. The number of methoxy groups -OCH3 is 2. The fourth-order valence-corrected chi connectivity index (χ4v) is 1.73. The van der Waals surface area contributed by atoms with Gasteiger partial charge in [-0.15, -0.1) is 0 Å². The maximum absolute atomic E-state index is 13.5. The average Bonchev–Trinajstić information content (AvgIpc) is 3.00. The Kier molecular flexibility index (Phi) is 4.73. The van der Waals surface area contributed by atoms with Crippen LogP contribution in [0.2, 0.25) is 0 Å². The highest BCUT2D eigenvalue weighted by Crippen LogP contribution is 2.18. The van der Waals surface area contributed by atoms with Gasteiger partial charge in [0, 0.05) is 5.56 Å². The van der Waals surface area contributed by atoms with Gasteiger partial charge in [0.25, 0.3) is 0 Å². The number of hydrogen-bond donors (Lipinski definition) is 0. The lowest BCUT2D eigenvalue weighted by atomic mass is 10.1. The molecule has 1 aromatic carbocycles. The van der Waals surface area contributed by atoms with Gasteiger partial charge in [0.2, 0.25) is 5.76 Å². The van der Waals surface area contributed by atoms with Crippen LogP contribution < -0.4 is 4.74 Å². The number of benzene rings is 1. The number of allylic oxidation sites excluding steroid dienone is 1. The van der Waals surface area contributed by atoms with Crippen molar-refractivity contribution < 1.29 is 27.9 Å². The molecule has 0 radical (unpaired) electrons. The smallest absolute Gasteiger partial charge is 0.373 e. The van der Waals surface area contributed by atoms with Crippen LogP contribution in [-0.4, -0.2) is 26.0 Å². The highest BCUT2D eigenvalue weighted by Gasteiger charge is 2.11. The summed E-state index contributed by atoms with van der Waals surface area (Å²) in [6.07, 6.45) is 2.61. The summed E-state index contributed by atoms with van der Waals surface area (Å²) in [7, 11) is 2.58. The van der Waals surface area contributed by atoms with Crippen LogP contribution in [0.4, 0.5) is 4.39 Å². The monoisotopic (exact) mass is 304 g/mol. The molecule has 0 bridgehead atoms. The van der Waals surface area contributed by atoms with Crippen LogP contribution in [0.3, 0.4) is 0 Å². The van der Waals surface area contributed by atoms with Crippen LogP contribution in [0.5, 0.6) is 5.75 Å². The minimum Gasteiger partial charge on any atom is -0.494 e. The summed E-state index contributed by atoms with van der Waals surface area (Å²) in [6, 6.07) is 6.87. The lowest BCUT2D eigenvalue weighted by Crippen LogP contribution is -1.98. The maximum Gasteiger partial charge on any atom is 0.373 e. The number of esters is 1. The second-order valence-corrected chi connectivity index (χ2v) is 4.24. The predicted octanol–water partition coefficient (Wildman–Crippen LogP) is 3.11. The molecule has 0 aliphatic heterocycles. The summed E-state index contributed by atoms with van der Waals surface area (Å²) in [5, 5.41) is 0. The molecule has 0 fully saturated rings. The van der Waals surface area contributed by atoms with Gasteiger partial charge < -0.3 is 13.9 Å². The number of furan rings is 1. The van der Waals surface area contributed by atoms with E-state index in [1.165, 1.54) is 50.6 Å². The van der Waals surface area contributed by atoms with Crippen molar-refractivity contribution >= 4 is 17.8 Å². The number of carbonyl (C=O) groups is 2. The van der Waals surface area contributed by atoms with Gasteiger partial charge >= 0.3 is 5.97 Å². The van der Waals surface area contributed by atoms with E-state index in [2.05, 4.69) is 4.74 Å². The van der Waals surface area contributed by atoms with E-state index in [0.29, 0.717) is 5.76 Å². The number of hydrogen-bond acceptors (Lipinski definition) is 5. The van der Waals surface area contributed by atoms with Crippen LogP contribution in [0.15, 0.2) is 40.8 Å². The molecule has 114 valence electrons. The Morgan fingerprint density at radius 2 is 1.95 bits per heavy atom. The summed E-state index contributed by atoms with van der Waals surface area (Å²) in [5.41, 5.74) is 0.175. The van der Waals surface area contributed by atoms with Gasteiger partial charge in [0.1, 0.15) is 5.76 Å². The highest BCUT2D eigenvalue weighted by atomic mass is 19.1. The molecule has 0 unspecified atom stereocenters. The van der Waals surface area contributed by atoms with E-state index >= 15 is 0 Å². The van der Waals surface area contributed by atoms with Gasteiger partial charge in [-0.25, -0.2) is 9.18 Å². The number of ketones is 1. The van der Waals surface area contributed by atoms with Crippen LogP contribution in [-0.2, 0) is 4.74 Å². The lowest BCUT2D eigenvalue weighted by Gasteiger charge is -2.02. The SMILES string of the molecule is COC(=O)c1ccc(/C=C/C(=O)c2ccc(OC)c(F)c2)o1. The molecule has 2 aromatic rings. The summed E-state index contributed by atoms with van der Waals surface area (Å²) < 4.78 is 28.0. The van der Waals surface area contributed by atoms with E-state index in [1.807, 2.05) is 0 Å². The Balaban J connectivity index is 2.12. The van der Waals surface area contributed by atoms with Crippen LogP contribution in [0, 0.1) is 5.82 Å². The molecule has 0 saturated heterocycles. The van der Waals surface area contributed by atoms with Crippen molar-refractivity contribution in [3.8, 4) is 5.75 Å². The van der Waals surface area contributed by atoms with E-state index in [-0.39, 0.29) is 17.1 Å². The normalized spacial score (nSPS) is 10.7. The zero-order chi connectivity index (χ0) is 16.1. The zero-order valence-electron chi connectivity index (χ0n) is 12.0. The van der Waals surface area contributed by atoms with E-state index in [9.17, 15) is 14.0 Å². The number of ether oxygens (including phenoxy) is 2. The van der Waals surface area contributed by atoms with Crippen molar-refractivity contribution in [2.45, 2.75) is 0 Å². The Bertz CT molecular complexity index is 730. The third-order valence-electron chi connectivity index (χ3n) is 2.85. The maximum atomic E-state index is 13.5. The van der Waals surface area contributed by atoms with Gasteiger partial charge in [-0.2, -0.15) is 0 Å². The topological polar surface area (TPSA) is 65.7 Å². The molecule has 0 saturated carbocycles. The minimum absolute atomic E-state index is 0.0325. The van der Waals surface area contributed by atoms with Crippen molar-refractivity contribution in [3.05, 3.63) is 59.3 Å². The molecule has 0 amide bonds. The van der Waals surface area contributed by atoms with Crippen LogP contribution >= 0.6 is 0 Å². The summed E-state index contributed by atoms with van der Waals surface area (Å²) in [6.45, 7) is 0. The van der Waals surface area contributed by atoms with Gasteiger partial charge in [0.05, 0.1) is 14.2 Å². The third kappa shape index (κ3) is 3.41. The van der Waals surface area contributed by atoms with Crippen molar-refractivity contribution in [1.82, 2.24) is 0 Å². The fourth-order valence-electron chi connectivity index (χ4n) is 1.73. The first kappa shape index (κ1) is 15.5. The van der Waals surface area contributed by atoms with Crippen molar-refractivity contribution in [1.29, 1.82) is 0 Å². The van der Waals surface area contributed by atoms with Gasteiger partial charge in [0.15, 0.2) is 17.3 Å². The third-order valence-corrected chi connectivity index (χ3v) is 2.85. The first-order valence-corrected chi connectivity index (χ1v) is 6.29. The van der Waals surface area contributed by atoms with Crippen molar-refractivity contribution in [3.63, 3.8) is 0 Å². The summed E-state index contributed by atoms with van der Waals surface area (Å²) in [5.74, 6) is -1.23. The minimum atomic E-state index is -0.618. The van der Waals surface area contributed by atoms with Gasteiger partial charge in [-0.05, 0) is 42.5 Å². The molecular weight excluding hydrogens is 291 g/mol. The van der Waals surface area contributed by atoms with Gasteiger partial charge in [-0.1, -0.05) is 0 Å². The molecular formula is C16H13FO5. The van der Waals surface area contributed by atoms with Crippen LogP contribution in [0.25, 0.3) is 6.08 Å². The molecule has 0 aliphatic carbocycles. The van der Waals surface area contributed by atoms with E-state index in [4.69, 9.17) is 9.15 Å². The summed E-state index contributed by atoms with van der Waals surface area (Å²) >= 11 is 0. The number of carbonyl (C=O) groups excluding carboxylic acids is 2. The molecule has 0 atom stereocenters. The molecule has 6 heteroatoms. The van der Waals surface area contributed by atoms with Crippen LogP contribution in [0.1, 0.15) is 26.7 Å². The average molecular weight is 304 g/mol. The van der Waals surface area contributed by atoms with E-state index in [0.717, 1.165) is 6.07 Å². The lowest BCUT2D eigenvalue weighted by molar-refractivity contribution is 0.0564. The molecule has 22 heavy (non-hydrogen) atoms. The molecule has 1 aromatic heterocycles. The van der Waals surface area contributed by atoms with Crippen molar-refractivity contribution in [2.24, 2.45) is 0 Å². The van der Waals surface area contributed by atoms with E-state index in [1.54, 1.807) is 0 Å². The van der Waals surface area contributed by atoms with E-state index < -0.39 is 17.6 Å². The standard InChI is InChI=1S/C16H13FO5/c1-20-14-7-3-10(9-12(14)17)13(18)6-4-11-5-8-15(22-11)16(19)21-2/h3-9H,1-2H3/b6-4+. The Morgan fingerprint density at radius 3 is 2.59 bits per heavy atom. The quantitative estimate of drug-likeness (QED) is 0.482. The van der Waals surface area contributed by atoms with Crippen molar-refractivity contribution in [2.75, 3.05) is 14.2 Å². The number of halogens is 1. The first-order valence-electron chi connectivity index (χ1n) is 6.29. The summed E-state index contributed by atoms with van der Waals surface area (Å²) in [4.78, 5) is 23.2. The molecule has 0 aliphatic rings.